The highest BCUT2D eigenvalue weighted by Crippen LogP contribution is 2.27. The molecule has 1 amide bonds. The van der Waals surface area contributed by atoms with Gasteiger partial charge in [0.15, 0.2) is 0 Å². The molecular formula is C13H20N2O4. The molecule has 1 saturated heterocycles. The second-order valence-corrected chi connectivity index (χ2v) is 5.78. The van der Waals surface area contributed by atoms with Crippen molar-refractivity contribution in [3.8, 4) is 6.07 Å². The summed E-state index contributed by atoms with van der Waals surface area (Å²) in [6.45, 7) is 5.84. The van der Waals surface area contributed by atoms with Crippen LogP contribution in [0.1, 0.15) is 33.6 Å². The van der Waals surface area contributed by atoms with E-state index in [9.17, 15) is 14.7 Å². The number of carbonyl (C=O) groups is 2. The summed E-state index contributed by atoms with van der Waals surface area (Å²) < 4.78 is 5.23. The number of piperidine rings is 1. The molecule has 6 nitrogen and oxygen atoms in total. The first-order valence-electron chi connectivity index (χ1n) is 6.32. The smallest absolute Gasteiger partial charge is 0.410 e. The van der Waals surface area contributed by atoms with Gasteiger partial charge in [0.25, 0.3) is 0 Å². The Balaban J connectivity index is 2.69. The van der Waals surface area contributed by atoms with Crippen LogP contribution in [-0.4, -0.2) is 40.8 Å². The summed E-state index contributed by atoms with van der Waals surface area (Å²) in [5.41, 5.74) is -0.598. The van der Waals surface area contributed by atoms with Crippen LogP contribution in [0, 0.1) is 23.2 Å². The van der Waals surface area contributed by atoms with Crippen molar-refractivity contribution in [1.29, 1.82) is 5.26 Å². The molecular weight excluding hydrogens is 248 g/mol. The fourth-order valence-electron chi connectivity index (χ4n) is 2.13. The Morgan fingerprint density at radius 2 is 2.11 bits per heavy atom. The van der Waals surface area contributed by atoms with Gasteiger partial charge in [-0.05, 0) is 33.1 Å². The Morgan fingerprint density at radius 3 is 2.58 bits per heavy atom. The minimum absolute atomic E-state index is 0.108. The zero-order valence-electron chi connectivity index (χ0n) is 11.5. The van der Waals surface area contributed by atoms with E-state index < -0.39 is 23.6 Å². The van der Waals surface area contributed by atoms with Crippen molar-refractivity contribution in [2.45, 2.75) is 39.2 Å². The molecule has 0 aliphatic carbocycles. The highest BCUT2D eigenvalue weighted by Gasteiger charge is 2.37. The Bertz CT molecular complexity index is 394. The van der Waals surface area contributed by atoms with Gasteiger partial charge in [-0.25, -0.2) is 4.79 Å². The van der Waals surface area contributed by atoms with Crippen molar-refractivity contribution in [2.24, 2.45) is 11.8 Å². The second kappa shape index (κ2) is 5.91. The van der Waals surface area contributed by atoms with Crippen LogP contribution in [0.3, 0.4) is 0 Å². The third kappa shape index (κ3) is 4.43. The van der Waals surface area contributed by atoms with E-state index >= 15 is 0 Å². The van der Waals surface area contributed by atoms with Crippen LogP contribution < -0.4 is 0 Å². The predicted octanol–water partition coefficient (Wildman–Crippen LogP) is 1.86. The Kier molecular flexibility index (Phi) is 4.76. The quantitative estimate of drug-likeness (QED) is 0.825. The first-order valence-corrected chi connectivity index (χ1v) is 6.32. The van der Waals surface area contributed by atoms with E-state index in [1.165, 1.54) is 4.90 Å². The fourth-order valence-corrected chi connectivity index (χ4v) is 2.13. The number of hydrogen-bond acceptors (Lipinski definition) is 4. The van der Waals surface area contributed by atoms with Gasteiger partial charge in [0.1, 0.15) is 5.60 Å². The number of likely N-dealkylation sites (tertiary alicyclic amines) is 1. The number of hydrogen-bond donors (Lipinski definition) is 1. The molecule has 0 radical (unpaired) electrons. The second-order valence-electron chi connectivity index (χ2n) is 5.78. The number of rotatable bonds is 2. The maximum Gasteiger partial charge on any atom is 0.410 e. The Morgan fingerprint density at radius 1 is 1.47 bits per heavy atom. The summed E-state index contributed by atoms with van der Waals surface area (Å²) in [6.07, 6.45) is 0.234. The van der Waals surface area contributed by atoms with Gasteiger partial charge in [-0.1, -0.05) is 0 Å². The lowest BCUT2D eigenvalue weighted by Gasteiger charge is -2.36. The highest BCUT2D eigenvalue weighted by atomic mass is 16.6. The third-order valence-electron chi connectivity index (χ3n) is 3.08. The number of carboxylic acids is 1. The number of carbonyl (C=O) groups excluding carboxylic acids is 1. The monoisotopic (exact) mass is 268 g/mol. The molecule has 106 valence electrons. The van der Waals surface area contributed by atoms with Crippen LogP contribution in [0.2, 0.25) is 0 Å². The minimum atomic E-state index is -0.964. The zero-order chi connectivity index (χ0) is 14.6. The Labute approximate surface area is 112 Å². The van der Waals surface area contributed by atoms with Gasteiger partial charge in [-0.3, -0.25) is 4.79 Å². The van der Waals surface area contributed by atoms with Crippen molar-refractivity contribution in [2.75, 3.05) is 13.1 Å². The van der Waals surface area contributed by atoms with Gasteiger partial charge in [0.05, 0.1) is 12.0 Å². The van der Waals surface area contributed by atoms with Gasteiger partial charge in [0.2, 0.25) is 0 Å². The van der Waals surface area contributed by atoms with Crippen LogP contribution >= 0.6 is 0 Å². The molecule has 1 aliphatic heterocycles. The van der Waals surface area contributed by atoms with Gasteiger partial charge in [0, 0.05) is 19.5 Å². The first kappa shape index (κ1) is 15.3. The van der Waals surface area contributed by atoms with Gasteiger partial charge in [-0.15, -0.1) is 0 Å². The average Bonchev–Trinajstić information content (AvgIpc) is 2.27. The lowest BCUT2D eigenvalue weighted by molar-refractivity contribution is -0.145. The molecule has 6 heteroatoms. The standard InChI is InChI=1S/C13H20N2O4/c1-13(2,3)19-12(18)15-7-5-9(4-6-14)10(8-15)11(16)17/h9-10H,4-5,7-8H2,1-3H3,(H,16,17)/t9-,10+/m0/s1. The van der Waals surface area contributed by atoms with E-state index in [0.717, 1.165) is 0 Å². The van der Waals surface area contributed by atoms with Crippen LogP contribution in [0.25, 0.3) is 0 Å². The summed E-state index contributed by atoms with van der Waals surface area (Å²) >= 11 is 0. The maximum atomic E-state index is 11.9. The molecule has 1 fully saturated rings. The van der Waals surface area contributed by atoms with E-state index in [2.05, 4.69) is 0 Å². The fraction of sp³-hybridized carbons (Fsp3) is 0.769. The van der Waals surface area contributed by atoms with Gasteiger partial charge < -0.3 is 14.7 Å². The van der Waals surface area contributed by atoms with Crippen LogP contribution in [0.4, 0.5) is 4.79 Å². The molecule has 2 atom stereocenters. The number of nitrogens with zero attached hydrogens (tertiary/aromatic N) is 2. The van der Waals surface area contributed by atoms with E-state index in [4.69, 9.17) is 10.00 Å². The van der Waals surface area contributed by atoms with Crippen molar-refractivity contribution in [3.05, 3.63) is 0 Å². The van der Waals surface area contributed by atoms with E-state index in [0.29, 0.717) is 13.0 Å². The summed E-state index contributed by atoms with van der Waals surface area (Å²) in [4.78, 5) is 24.5. The molecule has 1 rings (SSSR count). The zero-order valence-corrected chi connectivity index (χ0v) is 11.5. The third-order valence-corrected chi connectivity index (χ3v) is 3.08. The number of ether oxygens (including phenoxy) is 1. The average molecular weight is 268 g/mol. The van der Waals surface area contributed by atoms with E-state index in [1.807, 2.05) is 6.07 Å². The van der Waals surface area contributed by atoms with E-state index in [-0.39, 0.29) is 18.9 Å². The summed E-state index contributed by atoms with van der Waals surface area (Å²) in [7, 11) is 0. The maximum absolute atomic E-state index is 11.9. The van der Waals surface area contributed by atoms with Crippen molar-refractivity contribution < 1.29 is 19.4 Å². The summed E-state index contributed by atoms with van der Waals surface area (Å²) in [6, 6.07) is 2.01. The normalized spacial score (nSPS) is 23.6. The number of aliphatic carboxylic acids is 1. The highest BCUT2D eigenvalue weighted by molar-refractivity contribution is 5.73. The molecule has 0 spiro atoms. The SMILES string of the molecule is CC(C)(C)OC(=O)N1CC[C@H](CC#N)[C@H](C(=O)O)C1. The summed E-state index contributed by atoms with van der Waals surface area (Å²) in [5.74, 6) is -1.85. The molecule has 0 saturated carbocycles. The topological polar surface area (TPSA) is 90.6 Å². The molecule has 0 unspecified atom stereocenters. The van der Waals surface area contributed by atoms with E-state index in [1.54, 1.807) is 20.8 Å². The number of amides is 1. The van der Waals surface area contributed by atoms with Crippen LogP contribution in [-0.2, 0) is 9.53 Å². The van der Waals surface area contributed by atoms with Crippen molar-refractivity contribution in [1.82, 2.24) is 4.90 Å². The lowest BCUT2D eigenvalue weighted by atomic mass is 9.84. The van der Waals surface area contributed by atoms with Crippen LogP contribution in [0.15, 0.2) is 0 Å². The molecule has 0 aromatic carbocycles. The van der Waals surface area contributed by atoms with Gasteiger partial charge in [-0.2, -0.15) is 5.26 Å². The van der Waals surface area contributed by atoms with Crippen LogP contribution in [0.5, 0.6) is 0 Å². The van der Waals surface area contributed by atoms with Crippen molar-refractivity contribution >= 4 is 12.1 Å². The molecule has 0 bridgehead atoms. The molecule has 19 heavy (non-hydrogen) atoms. The Hall–Kier alpha value is -1.77. The molecule has 0 aromatic rings. The molecule has 1 N–H and O–H groups in total. The minimum Gasteiger partial charge on any atom is -0.481 e. The molecule has 1 aliphatic rings. The lowest BCUT2D eigenvalue weighted by Crippen LogP contribution is -2.48. The predicted molar refractivity (Wildman–Crippen MR) is 67.3 cm³/mol. The van der Waals surface area contributed by atoms with Gasteiger partial charge >= 0.3 is 12.1 Å². The molecule has 1 heterocycles. The van der Waals surface area contributed by atoms with Crippen molar-refractivity contribution in [3.63, 3.8) is 0 Å². The number of carboxylic acid groups (broad SMARTS) is 1. The number of nitriles is 1. The molecule has 0 aromatic heterocycles. The largest absolute Gasteiger partial charge is 0.481 e. The summed E-state index contributed by atoms with van der Waals surface area (Å²) in [5, 5.41) is 17.9. The first-order chi connectivity index (χ1) is 8.74.